The normalized spacial score (nSPS) is 18.9. The van der Waals surface area contributed by atoms with Crippen molar-refractivity contribution in [2.75, 3.05) is 59.7 Å². The summed E-state index contributed by atoms with van der Waals surface area (Å²) in [7, 11) is 1.79. The van der Waals surface area contributed by atoms with E-state index in [4.69, 9.17) is 9.47 Å². The predicted octanol–water partition coefficient (Wildman–Crippen LogP) is 2.00. The van der Waals surface area contributed by atoms with E-state index in [0.717, 1.165) is 52.5 Å². The van der Waals surface area contributed by atoms with Crippen molar-refractivity contribution in [3.63, 3.8) is 0 Å². The second kappa shape index (κ2) is 9.72. The van der Waals surface area contributed by atoms with Crippen molar-refractivity contribution in [1.82, 2.24) is 10.2 Å². The first kappa shape index (κ1) is 17.9. The van der Waals surface area contributed by atoms with Crippen molar-refractivity contribution in [2.24, 2.45) is 11.3 Å². The van der Waals surface area contributed by atoms with Crippen LogP contribution in [0.25, 0.3) is 0 Å². The van der Waals surface area contributed by atoms with Gasteiger partial charge in [0.15, 0.2) is 0 Å². The van der Waals surface area contributed by atoms with Crippen molar-refractivity contribution in [2.45, 2.75) is 33.6 Å². The molecule has 1 heterocycles. The Bertz CT molecular complexity index is 241. The van der Waals surface area contributed by atoms with Crippen molar-refractivity contribution < 1.29 is 9.47 Å². The van der Waals surface area contributed by atoms with E-state index in [-0.39, 0.29) is 0 Å². The molecule has 20 heavy (non-hydrogen) atoms. The highest BCUT2D eigenvalue weighted by molar-refractivity contribution is 4.87. The molecule has 0 unspecified atom stereocenters. The quantitative estimate of drug-likeness (QED) is 0.666. The monoisotopic (exact) mass is 286 g/mol. The summed E-state index contributed by atoms with van der Waals surface area (Å²) in [5.74, 6) is 0.697. The molecule has 0 radical (unpaired) electrons. The van der Waals surface area contributed by atoms with E-state index in [2.05, 4.69) is 31.0 Å². The zero-order valence-electron chi connectivity index (χ0n) is 13.9. The van der Waals surface area contributed by atoms with E-state index in [1.165, 1.54) is 12.8 Å². The molecule has 1 rings (SSSR count). The lowest BCUT2D eigenvalue weighted by Crippen LogP contribution is -2.48. The van der Waals surface area contributed by atoms with Gasteiger partial charge in [0.05, 0.1) is 6.61 Å². The molecule has 4 heteroatoms. The Kier molecular flexibility index (Phi) is 8.69. The molecule has 0 aromatic rings. The van der Waals surface area contributed by atoms with Crippen molar-refractivity contribution in [3.8, 4) is 0 Å². The summed E-state index contributed by atoms with van der Waals surface area (Å²) in [6.45, 7) is 14.9. The van der Waals surface area contributed by atoms with Gasteiger partial charge in [0.1, 0.15) is 0 Å². The zero-order valence-corrected chi connectivity index (χ0v) is 13.9. The van der Waals surface area contributed by atoms with E-state index < -0.39 is 0 Å². The first-order chi connectivity index (χ1) is 9.62. The molecule has 0 atom stereocenters. The van der Waals surface area contributed by atoms with Gasteiger partial charge >= 0.3 is 0 Å². The van der Waals surface area contributed by atoms with E-state index >= 15 is 0 Å². The van der Waals surface area contributed by atoms with Crippen LogP contribution in [0.5, 0.6) is 0 Å². The fraction of sp³-hybridized carbons (Fsp3) is 1.00. The van der Waals surface area contributed by atoms with Crippen molar-refractivity contribution in [3.05, 3.63) is 0 Å². The molecule has 1 N–H and O–H groups in total. The standard InChI is InChI=1S/C16H34N2O2/c1-5-17-13-16(6-9-20-10-7-16)14-18(8-11-19-4)12-15(2)3/h15,17H,5-14H2,1-4H3. The van der Waals surface area contributed by atoms with E-state index in [9.17, 15) is 0 Å². The molecule has 1 fully saturated rings. The second-order valence-corrected chi connectivity index (χ2v) is 6.51. The smallest absolute Gasteiger partial charge is 0.0589 e. The lowest BCUT2D eigenvalue weighted by molar-refractivity contribution is -0.00924. The van der Waals surface area contributed by atoms with Crippen LogP contribution >= 0.6 is 0 Å². The second-order valence-electron chi connectivity index (χ2n) is 6.51. The summed E-state index contributed by atoms with van der Waals surface area (Å²) in [6.07, 6.45) is 2.34. The van der Waals surface area contributed by atoms with Crippen LogP contribution in [0.3, 0.4) is 0 Å². The first-order valence-electron chi connectivity index (χ1n) is 8.11. The number of nitrogens with one attached hydrogen (secondary N) is 1. The summed E-state index contributed by atoms with van der Waals surface area (Å²) in [5.41, 5.74) is 0.372. The van der Waals surface area contributed by atoms with Crippen LogP contribution in [0.1, 0.15) is 33.6 Å². The molecular weight excluding hydrogens is 252 g/mol. The molecule has 0 amide bonds. The number of nitrogens with zero attached hydrogens (tertiary/aromatic N) is 1. The van der Waals surface area contributed by atoms with Crippen LogP contribution in [-0.4, -0.2) is 64.6 Å². The average molecular weight is 286 g/mol. The van der Waals surface area contributed by atoms with Gasteiger partial charge in [-0.3, -0.25) is 0 Å². The maximum absolute atomic E-state index is 5.58. The largest absolute Gasteiger partial charge is 0.383 e. The third kappa shape index (κ3) is 6.53. The minimum atomic E-state index is 0.372. The summed E-state index contributed by atoms with van der Waals surface area (Å²) >= 11 is 0. The number of hydrogen-bond donors (Lipinski definition) is 1. The maximum atomic E-state index is 5.58. The average Bonchev–Trinajstić information content (AvgIpc) is 2.43. The SMILES string of the molecule is CCNCC1(CN(CCOC)CC(C)C)CCOCC1. The van der Waals surface area contributed by atoms with Crippen LogP contribution in [0.4, 0.5) is 0 Å². The van der Waals surface area contributed by atoms with Gasteiger partial charge < -0.3 is 19.7 Å². The van der Waals surface area contributed by atoms with E-state index in [1.54, 1.807) is 7.11 Å². The van der Waals surface area contributed by atoms with Gasteiger partial charge in [-0.25, -0.2) is 0 Å². The molecule has 0 spiro atoms. The topological polar surface area (TPSA) is 33.7 Å². The molecule has 0 bridgehead atoms. The van der Waals surface area contributed by atoms with Crippen molar-refractivity contribution >= 4 is 0 Å². The molecular formula is C16H34N2O2. The number of rotatable bonds is 10. The fourth-order valence-electron chi connectivity index (χ4n) is 3.03. The summed E-state index contributed by atoms with van der Waals surface area (Å²) in [6, 6.07) is 0. The minimum Gasteiger partial charge on any atom is -0.383 e. The summed E-state index contributed by atoms with van der Waals surface area (Å²) < 4.78 is 10.9. The van der Waals surface area contributed by atoms with Crippen molar-refractivity contribution in [1.29, 1.82) is 0 Å². The first-order valence-corrected chi connectivity index (χ1v) is 8.11. The lowest BCUT2D eigenvalue weighted by Gasteiger charge is -2.41. The Labute approximate surface area is 125 Å². The van der Waals surface area contributed by atoms with E-state index in [1.807, 2.05) is 0 Å². The molecule has 0 aliphatic carbocycles. The Balaban J connectivity index is 2.61. The van der Waals surface area contributed by atoms with Gasteiger partial charge in [-0.2, -0.15) is 0 Å². The Morgan fingerprint density at radius 2 is 2.00 bits per heavy atom. The molecule has 0 aromatic heterocycles. The molecule has 1 aliphatic rings. The third-order valence-corrected chi connectivity index (χ3v) is 4.10. The minimum absolute atomic E-state index is 0.372. The Morgan fingerprint density at radius 3 is 2.55 bits per heavy atom. The summed E-state index contributed by atoms with van der Waals surface area (Å²) in [5, 5.41) is 3.56. The lowest BCUT2D eigenvalue weighted by atomic mass is 9.79. The number of ether oxygens (including phenoxy) is 2. The molecule has 1 saturated heterocycles. The highest BCUT2D eigenvalue weighted by atomic mass is 16.5. The molecule has 4 nitrogen and oxygen atoms in total. The Morgan fingerprint density at radius 1 is 1.30 bits per heavy atom. The highest BCUT2D eigenvalue weighted by Crippen LogP contribution is 2.31. The summed E-state index contributed by atoms with van der Waals surface area (Å²) in [4.78, 5) is 2.58. The van der Waals surface area contributed by atoms with Gasteiger partial charge in [0.25, 0.3) is 0 Å². The van der Waals surface area contributed by atoms with E-state index in [0.29, 0.717) is 11.3 Å². The molecule has 120 valence electrons. The van der Waals surface area contributed by atoms with Gasteiger partial charge in [0.2, 0.25) is 0 Å². The highest BCUT2D eigenvalue weighted by Gasteiger charge is 2.34. The van der Waals surface area contributed by atoms with Gasteiger partial charge in [-0.1, -0.05) is 20.8 Å². The van der Waals surface area contributed by atoms with Crippen LogP contribution in [0, 0.1) is 11.3 Å². The van der Waals surface area contributed by atoms with Crippen LogP contribution in [0.15, 0.2) is 0 Å². The Hall–Kier alpha value is -0.160. The van der Waals surface area contributed by atoms with Gasteiger partial charge in [0, 0.05) is 46.5 Å². The number of methoxy groups -OCH3 is 1. The molecule has 1 aliphatic heterocycles. The van der Waals surface area contributed by atoms with Gasteiger partial charge in [-0.15, -0.1) is 0 Å². The molecule has 0 aromatic carbocycles. The zero-order chi connectivity index (χ0) is 14.8. The fourth-order valence-corrected chi connectivity index (χ4v) is 3.03. The van der Waals surface area contributed by atoms with Crippen LogP contribution in [0.2, 0.25) is 0 Å². The van der Waals surface area contributed by atoms with Crippen LogP contribution < -0.4 is 5.32 Å². The van der Waals surface area contributed by atoms with Gasteiger partial charge in [-0.05, 0) is 30.7 Å². The number of hydrogen-bond acceptors (Lipinski definition) is 4. The maximum Gasteiger partial charge on any atom is 0.0589 e. The molecule has 0 saturated carbocycles. The third-order valence-electron chi connectivity index (χ3n) is 4.10. The van der Waals surface area contributed by atoms with Crippen LogP contribution in [-0.2, 0) is 9.47 Å². The predicted molar refractivity (Wildman–Crippen MR) is 84.2 cm³/mol.